The summed E-state index contributed by atoms with van der Waals surface area (Å²) >= 11 is 0. The lowest BCUT2D eigenvalue weighted by atomic mass is 10.00. The number of rotatable bonds is 2. The van der Waals surface area contributed by atoms with Crippen molar-refractivity contribution in [3.63, 3.8) is 0 Å². The quantitative estimate of drug-likeness (QED) is 0.829. The Hall–Kier alpha value is -1.39. The summed E-state index contributed by atoms with van der Waals surface area (Å²) in [5, 5.41) is 0. The van der Waals surface area contributed by atoms with Gasteiger partial charge in [0.2, 0.25) is 5.91 Å². The van der Waals surface area contributed by atoms with Gasteiger partial charge in [0.05, 0.1) is 5.92 Å². The molecule has 4 nitrogen and oxygen atoms in total. The third-order valence-electron chi connectivity index (χ3n) is 5.71. The monoisotopic (exact) mass is 329 g/mol. The number of amides is 1. The molecule has 3 rings (SSSR count). The van der Waals surface area contributed by atoms with Crippen LogP contribution >= 0.6 is 0 Å². The van der Waals surface area contributed by atoms with Crippen LogP contribution in [0, 0.1) is 5.92 Å². The maximum atomic E-state index is 13.1. The van der Waals surface area contributed by atoms with E-state index in [9.17, 15) is 4.79 Å². The van der Waals surface area contributed by atoms with Crippen molar-refractivity contribution in [1.29, 1.82) is 0 Å². The van der Waals surface area contributed by atoms with E-state index in [0.29, 0.717) is 11.9 Å². The molecule has 1 amide bonds. The zero-order valence-electron chi connectivity index (χ0n) is 15.4. The molecule has 0 radical (unpaired) electrons. The first-order valence-electron chi connectivity index (χ1n) is 9.25. The second kappa shape index (κ2) is 7.66. The molecule has 1 saturated heterocycles. The number of carbonyl (C=O) groups excluding carboxylic acids is 1. The Balaban J connectivity index is 1.64. The topological polar surface area (TPSA) is 26.8 Å². The molecule has 0 spiro atoms. The van der Waals surface area contributed by atoms with Gasteiger partial charge in [-0.15, -0.1) is 0 Å². The molecule has 0 aliphatic carbocycles. The highest BCUT2D eigenvalue weighted by Gasteiger charge is 2.30. The SMILES string of the molecule is CN1C[C@H](C(=O)N2CCc3ccccc3CC2)CC[C@H](N(C)C)C1. The molecule has 4 heteroatoms. The minimum absolute atomic E-state index is 0.154. The number of likely N-dealkylation sites (N-methyl/N-ethyl adjacent to an activating group) is 2. The van der Waals surface area contributed by atoms with Crippen LogP contribution in [-0.4, -0.2) is 74.0 Å². The van der Waals surface area contributed by atoms with Gasteiger partial charge >= 0.3 is 0 Å². The van der Waals surface area contributed by atoms with Gasteiger partial charge in [0, 0.05) is 32.2 Å². The summed E-state index contributed by atoms with van der Waals surface area (Å²) in [5.74, 6) is 0.523. The van der Waals surface area contributed by atoms with E-state index in [1.807, 2.05) is 0 Å². The van der Waals surface area contributed by atoms with Crippen LogP contribution in [0.25, 0.3) is 0 Å². The molecule has 2 heterocycles. The first kappa shape index (κ1) is 17.4. The smallest absolute Gasteiger partial charge is 0.226 e. The molecular formula is C20H31N3O. The number of hydrogen-bond donors (Lipinski definition) is 0. The van der Waals surface area contributed by atoms with Crippen molar-refractivity contribution in [1.82, 2.24) is 14.7 Å². The van der Waals surface area contributed by atoms with Gasteiger partial charge in [-0.25, -0.2) is 0 Å². The van der Waals surface area contributed by atoms with E-state index in [4.69, 9.17) is 0 Å². The van der Waals surface area contributed by atoms with Gasteiger partial charge in [-0.3, -0.25) is 4.79 Å². The number of carbonyl (C=O) groups is 1. The van der Waals surface area contributed by atoms with Crippen molar-refractivity contribution < 1.29 is 4.79 Å². The fourth-order valence-electron chi connectivity index (χ4n) is 4.16. The largest absolute Gasteiger partial charge is 0.342 e. The zero-order chi connectivity index (χ0) is 17.1. The van der Waals surface area contributed by atoms with Gasteiger partial charge in [-0.05, 0) is 58.0 Å². The van der Waals surface area contributed by atoms with Crippen molar-refractivity contribution >= 4 is 5.91 Å². The molecule has 0 N–H and O–H groups in total. The molecule has 2 atom stereocenters. The number of likely N-dealkylation sites (tertiary alicyclic amines) is 1. The Morgan fingerprint density at radius 1 is 1.04 bits per heavy atom. The Bertz CT molecular complexity index is 545. The molecule has 1 fully saturated rings. The Kier molecular flexibility index (Phi) is 5.57. The summed E-state index contributed by atoms with van der Waals surface area (Å²) in [6.45, 7) is 3.69. The highest BCUT2D eigenvalue weighted by Crippen LogP contribution is 2.22. The average Bonchev–Trinajstić information content (AvgIpc) is 2.90. The fraction of sp³-hybridized carbons (Fsp3) is 0.650. The summed E-state index contributed by atoms with van der Waals surface area (Å²) in [4.78, 5) is 19.9. The van der Waals surface area contributed by atoms with Crippen molar-refractivity contribution in [2.45, 2.75) is 31.7 Å². The molecule has 0 unspecified atom stereocenters. The summed E-state index contributed by atoms with van der Waals surface area (Å²) < 4.78 is 0. The molecule has 1 aromatic rings. The minimum Gasteiger partial charge on any atom is -0.342 e. The van der Waals surface area contributed by atoms with Gasteiger partial charge < -0.3 is 14.7 Å². The van der Waals surface area contributed by atoms with Gasteiger partial charge in [0.15, 0.2) is 0 Å². The lowest BCUT2D eigenvalue weighted by Gasteiger charge is -2.27. The van der Waals surface area contributed by atoms with Gasteiger partial charge in [0.1, 0.15) is 0 Å². The average molecular weight is 329 g/mol. The lowest BCUT2D eigenvalue weighted by Crippen LogP contribution is -2.41. The van der Waals surface area contributed by atoms with Crippen LogP contribution in [0.15, 0.2) is 24.3 Å². The van der Waals surface area contributed by atoms with Gasteiger partial charge in [0.25, 0.3) is 0 Å². The molecule has 0 aromatic heterocycles. The van der Waals surface area contributed by atoms with Crippen LogP contribution in [0.3, 0.4) is 0 Å². The van der Waals surface area contributed by atoms with Crippen LogP contribution in [-0.2, 0) is 17.6 Å². The summed E-state index contributed by atoms with van der Waals surface area (Å²) in [5.41, 5.74) is 2.83. The van der Waals surface area contributed by atoms with Crippen LogP contribution in [0.2, 0.25) is 0 Å². The highest BCUT2D eigenvalue weighted by atomic mass is 16.2. The van der Waals surface area contributed by atoms with E-state index in [0.717, 1.165) is 51.9 Å². The third-order valence-corrected chi connectivity index (χ3v) is 5.71. The van der Waals surface area contributed by atoms with Gasteiger partial charge in [-0.1, -0.05) is 24.3 Å². The Morgan fingerprint density at radius 2 is 1.67 bits per heavy atom. The van der Waals surface area contributed by atoms with Gasteiger partial charge in [-0.2, -0.15) is 0 Å². The molecule has 24 heavy (non-hydrogen) atoms. The van der Waals surface area contributed by atoms with Crippen LogP contribution < -0.4 is 0 Å². The second-order valence-electron chi connectivity index (χ2n) is 7.71. The van der Waals surface area contributed by atoms with E-state index in [2.05, 4.69) is 60.1 Å². The van der Waals surface area contributed by atoms with Crippen LogP contribution in [0.4, 0.5) is 0 Å². The Labute approximate surface area is 146 Å². The molecule has 0 saturated carbocycles. The van der Waals surface area contributed by atoms with Crippen molar-refractivity contribution in [3.05, 3.63) is 35.4 Å². The van der Waals surface area contributed by atoms with Crippen LogP contribution in [0.1, 0.15) is 24.0 Å². The summed E-state index contributed by atoms with van der Waals surface area (Å²) in [6, 6.07) is 9.20. The molecule has 132 valence electrons. The molecule has 0 bridgehead atoms. The van der Waals surface area contributed by atoms with E-state index in [1.165, 1.54) is 11.1 Å². The lowest BCUT2D eigenvalue weighted by molar-refractivity contribution is -0.136. The van der Waals surface area contributed by atoms with E-state index in [-0.39, 0.29) is 5.92 Å². The first-order valence-corrected chi connectivity index (χ1v) is 9.25. The fourth-order valence-corrected chi connectivity index (χ4v) is 4.16. The highest BCUT2D eigenvalue weighted by molar-refractivity contribution is 5.79. The standard InChI is InChI=1S/C20H31N3O/c1-21(2)19-9-8-18(14-22(3)15-19)20(24)23-12-10-16-6-4-5-7-17(16)11-13-23/h4-7,18-19H,8-15H2,1-3H3/t18-,19+/m1/s1. The molecule has 1 aromatic carbocycles. The van der Waals surface area contributed by atoms with Crippen molar-refractivity contribution in [2.75, 3.05) is 47.3 Å². The van der Waals surface area contributed by atoms with E-state index in [1.54, 1.807) is 0 Å². The number of hydrogen-bond acceptors (Lipinski definition) is 3. The maximum absolute atomic E-state index is 13.1. The predicted octanol–water partition coefficient (Wildman–Crippen LogP) is 1.89. The number of fused-ring (bicyclic) bond motifs is 1. The second-order valence-corrected chi connectivity index (χ2v) is 7.71. The Morgan fingerprint density at radius 3 is 2.25 bits per heavy atom. The third kappa shape index (κ3) is 3.98. The molecular weight excluding hydrogens is 298 g/mol. The van der Waals surface area contributed by atoms with Crippen molar-refractivity contribution in [2.24, 2.45) is 5.92 Å². The minimum atomic E-state index is 0.154. The van der Waals surface area contributed by atoms with E-state index < -0.39 is 0 Å². The summed E-state index contributed by atoms with van der Waals surface area (Å²) in [7, 11) is 6.44. The molecule has 2 aliphatic rings. The predicted molar refractivity (Wildman–Crippen MR) is 98.1 cm³/mol. The number of benzene rings is 1. The first-order chi connectivity index (χ1) is 11.5. The summed E-state index contributed by atoms with van der Waals surface area (Å²) in [6.07, 6.45) is 4.10. The normalized spacial score (nSPS) is 25.9. The van der Waals surface area contributed by atoms with Crippen LogP contribution in [0.5, 0.6) is 0 Å². The zero-order valence-corrected chi connectivity index (χ0v) is 15.4. The molecule has 2 aliphatic heterocycles. The maximum Gasteiger partial charge on any atom is 0.226 e. The van der Waals surface area contributed by atoms with Crippen molar-refractivity contribution in [3.8, 4) is 0 Å². The van der Waals surface area contributed by atoms with E-state index >= 15 is 0 Å². The number of nitrogens with zero attached hydrogens (tertiary/aromatic N) is 3.